The Balaban J connectivity index is 2.21. The summed E-state index contributed by atoms with van der Waals surface area (Å²) in [7, 11) is 3.36. The zero-order chi connectivity index (χ0) is 18.6. The maximum absolute atomic E-state index is 12.3. The van der Waals surface area contributed by atoms with Gasteiger partial charge in [0.15, 0.2) is 6.54 Å². The molecule has 1 aliphatic rings. The van der Waals surface area contributed by atoms with E-state index in [1.54, 1.807) is 6.92 Å². The van der Waals surface area contributed by atoms with E-state index in [4.69, 9.17) is 10.5 Å². The lowest BCUT2D eigenvalue weighted by Gasteiger charge is -2.15. The number of nitrogens with one attached hydrogen (secondary N) is 3. The van der Waals surface area contributed by atoms with Gasteiger partial charge in [-0.2, -0.15) is 0 Å². The predicted octanol–water partition coefficient (Wildman–Crippen LogP) is -0.840. The minimum Gasteiger partial charge on any atom is -0.462 e. The molecular weight excluding hydrogens is 344 g/mol. The SMILES string of the molecule is CCOC(=O)c1c(N)sc(C(=O)NC)c1C[NH+](C)CC(=O)NC1CC1. The van der Waals surface area contributed by atoms with Crippen LogP contribution in [0.1, 0.15) is 45.4 Å². The van der Waals surface area contributed by atoms with Crippen LogP contribution in [0.4, 0.5) is 5.00 Å². The molecule has 1 heterocycles. The smallest absolute Gasteiger partial charge is 0.341 e. The molecule has 1 saturated carbocycles. The molecule has 138 valence electrons. The summed E-state index contributed by atoms with van der Waals surface area (Å²) in [4.78, 5) is 37.6. The second-order valence-electron chi connectivity index (χ2n) is 6.10. The molecule has 9 heteroatoms. The van der Waals surface area contributed by atoms with Crippen LogP contribution in [0.3, 0.4) is 0 Å². The van der Waals surface area contributed by atoms with Crippen LogP contribution in [0.5, 0.6) is 0 Å². The minimum absolute atomic E-state index is 0.0395. The molecule has 0 spiro atoms. The van der Waals surface area contributed by atoms with E-state index in [2.05, 4.69) is 10.6 Å². The van der Waals surface area contributed by atoms with Crippen molar-refractivity contribution >= 4 is 34.1 Å². The molecule has 5 N–H and O–H groups in total. The molecule has 2 amide bonds. The van der Waals surface area contributed by atoms with Crippen LogP contribution in [0, 0.1) is 0 Å². The number of ether oxygens (including phenoxy) is 1. The summed E-state index contributed by atoms with van der Waals surface area (Å²) >= 11 is 1.06. The van der Waals surface area contributed by atoms with Crippen molar-refractivity contribution in [2.75, 3.05) is 33.0 Å². The molecule has 8 nitrogen and oxygen atoms in total. The zero-order valence-corrected chi connectivity index (χ0v) is 15.5. The summed E-state index contributed by atoms with van der Waals surface area (Å²) in [5.41, 5.74) is 6.72. The largest absolute Gasteiger partial charge is 0.462 e. The molecule has 0 aliphatic heterocycles. The summed E-state index contributed by atoms with van der Waals surface area (Å²) in [6, 6.07) is 0.300. The number of rotatable bonds is 8. The van der Waals surface area contributed by atoms with E-state index in [0.717, 1.165) is 29.1 Å². The maximum Gasteiger partial charge on any atom is 0.341 e. The van der Waals surface area contributed by atoms with Crippen molar-refractivity contribution in [2.45, 2.75) is 32.4 Å². The number of hydrogen-bond acceptors (Lipinski definition) is 6. The molecule has 0 bridgehead atoms. The van der Waals surface area contributed by atoms with E-state index in [0.29, 0.717) is 23.0 Å². The van der Waals surface area contributed by atoms with Crippen LogP contribution in [0.2, 0.25) is 0 Å². The van der Waals surface area contributed by atoms with Gasteiger partial charge < -0.3 is 26.0 Å². The first kappa shape index (κ1) is 19.2. The van der Waals surface area contributed by atoms with E-state index >= 15 is 0 Å². The third kappa shape index (κ3) is 4.93. The maximum atomic E-state index is 12.3. The molecule has 2 rings (SSSR count). The summed E-state index contributed by atoms with van der Waals surface area (Å²) in [5, 5.41) is 5.74. The number of hydrogen-bond donors (Lipinski definition) is 4. The second-order valence-corrected chi connectivity index (χ2v) is 7.15. The predicted molar refractivity (Wildman–Crippen MR) is 94.7 cm³/mol. The van der Waals surface area contributed by atoms with Crippen LogP contribution in [-0.4, -0.2) is 51.1 Å². The molecule has 1 aliphatic carbocycles. The molecule has 1 aromatic rings. The van der Waals surface area contributed by atoms with Crippen LogP contribution in [-0.2, 0) is 16.1 Å². The first-order valence-corrected chi connectivity index (χ1v) is 9.10. The summed E-state index contributed by atoms with van der Waals surface area (Å²) in [6.45, 7) is 2.50. The second kappa shape index (κ2) is 8.30. The van der Waals surface area contributed by atoms with E-state index in [1.807, 2.05) is 7.05 Å². The van der Waals surface area contributed by atoms with Crippen molar-refractivity contribution < 1.29 is 24.0 Å². The van der Waals surface area contributed by atoms with Gasteiger partial charge >= 0.3 is 5.97 Å². The Morgan fingerprint density at radius 3 is 2.60 bits per heavy atom. The molecule has 1 unspecified atom stereocenters. The highest BCUT2D eigenvalue weighted by Crippen LogP contribution is 2.31. The Labute approximate surface area is 150 Å². The highest BCUT2D eigenvalue weighted by atomic mass is 32.1. The van der Waals surface area contributed by atoms with Crippen molar-refractivity contribution in [2.24, 2.45) is 0 Å². The van der Waals surface area contributed by atoms with Crippen molar-refractivity contribution in [3.8, 4) is 0 Å². The fraction of sp³-hybridized carbons (Fsp3) is 0.562. The zero-order valence-electron chi connectivity index (χ0n) is 14.7. The lowest BCUT2D eigenvalue weighted by molar-refractivity contribution is -0.885. The molecule has 0 radical (unpaired) electrons. The fourth-order valence-corrected chi connectivity index (χ4v) is 3.54. The van der Waals surface area contributed by atoms with E-state index in [-0.39, 0.29) is 35.5 Å². The van der Waals surface area contributed by atoms with Crippen LogP contribution < -0.4 is 21.3 Å². The van der Waals surface area contributed by atoms with Gasteiger partial charge in [-0.05, 0) is 19.8 Å². The quantitative estimate of drug-likeness (QED) is 0.446. The average molecular weight is 369 g/mol. The van der Waals surface area contributed by atoms with E-state index in [9.17, 15) is 14.4 Å². The molecule has 1 fully saturated rings. The fourth-order valence-electron chi connectivity index (χ4n) is 2.52. The van der Waals surface area contributed by atoms with Gasteiger partial charge in [0.25, 0.3) is 11.8 Å². The lowest BCUT2D eigenvalue weighted by atomic mass is 10.1. The topological polar surface area (TPSA) is 115 Å². The van der Waals surface area contributed by atoms with E-state index in [1.165, 1.54) is 7.05 Å². The number of nitrogen functional groups attached to an aromatic ring is 1. The Morgan fingerprint density at radius 2 is 2.04 bits per heavy atom. The van der Waals surface area contributed by atoms with Gasteiger partial charge in [0.2, 0.25) is 0 Å². The van der Waals surface area contributed by atoms with Crippen LogP contribution in [0.25, 0.3) is 0 Å². The Hall–Kier alpha value is -2.13. The standard InChI is InChI=1S/C16H24N4O4S/c1-4-24-16(23)12-10(13(15(22)18-2)25-14(12)17)7-20(3)8-11(21)19-9-5-6-9/h9H,4-8,17H2,1-3H3,(H,18,22)(H,19,21)/p+1. The number of carbonyl (C=O) groups excluding carboxylic acids is 3. The molecular formula is C16H25N4O4S+. The van der Waals surface area contributed by atoms with Crippen LogP contribution in [0.15, 0.2) is 0 Å². The monoisotopic (exact) mass is 369 g/mol. The van der Waals surface area contributed by atoms with Crippen molar-refractivity contribution in [3.05, 3.63) is 16.0 Å². The van der Waals surface area contributed by atoms with Crippen molar-refractivity contribution in [1.29, 1.82) is 0 Å². The molecule has 0 aromatic carbocycles. The highest BCUT2D eigenvalue weighted by Gasteiger charge is 2.30. The van der Waals surface area contributed by atoms with Gasteiger partial charge in [-0.15, -0.1) is 11.3 Å². The summed E-state index contributed by atoms with van der Waals surface area (Å²) < 4.78 is 5.07. The number of likely N-dealkylation sites (N-methyl/N-ethyl adjacent to an activating group) is 1. The summed E-state index contributed by atoms with van der Waals surface area (Å²) in [5.74, 6) is -0.892. The van der Waals surface area contributed by atoms with Gasteiger partial charge in [-0.25, -0.2) is 4.79 Å². The third-order valence-electron chi connectivity index (χ3n) is 3.83. The molecule has 25 heavy (non-hydrogen) atoms. The number of anilines is 1. The summed E-state index contributed by atoms with van der Waals surface area (Å²) in [6.07, 6.45) is 2.05. The van der Waals surface area contributed by atoms with E-state index < -0.39 is 5.97 Å². The Morgan fingerprint density at radius 1 is 1.36 bits per heavy atom. The first-order valence-electron chi connectivity index (χ1n) is 8.28. The number of esters is 1. The van der Waals surface area contributed by atoms with Crippen molar-refractivity contribution in [3.63, 3.8) is 0 Å². The molecule has 1 atom stereocenters. The third-order valence-corrected chi connectivity index (χ3v) is 4.89. The van der Waals surface area contributed by atoms with Crippen LogP contribution >= 0.6 is 11.3 Å². The highest BCUT2D eigenvalue weighted by molar-refractivity contribution is 7.18. The van der Waals surface area contributed by atoms with Gasteiger partial charge in [0, 0.05) is 18.7 Å². The number of amides is 2. The molecule has 0 saturated heterocycles. The van der Waals surface area contributed by atoms with Crippen molar-refractivity contribution in [1.82, 2.24) is 10.6 Å². The normalized spacial score (nSPS) is 14.7. The number of thiophene rings is 1. The number of nitrogens with two attached hydrogens (primary N) is 1. The average Bonchev–Trinajstić information content (AvgIpc) is 3.29. The Kier molecular flexibility index (Phi) is 6.38. The molecule has 1 aromatic heterocycles. The minimum atomic E-state index is -0.545. The number of carbonyl (C=O) groups is 3. The van der Waals surface area contributed by atoms with Gasteiger partial charge in [0.05, 0.1) is 13.7 Å². The lowest BCUT2D eigenvalue weighted by Crippen LogP contribution is -3.09. The van der Waals surface area contributed by atoms with Gasteiger partial charge in [0.1, 0.15) is 22.0 Å². The number of quaternary nitrogens is 1. The first-order chi connectivity index (χ1) is 11.9. The van der Waals surface area contributed by atoms with Gasteiger partial charge in [-0.3, -0.25) is 9.59 Å². The Bertz CT molecular complexity index is 669. The van der Waals surface area contributed by atoms with Gasteiger partial charge in [-0.1, -0.05) is 0 Å².